The van der Waals surface area contributed by atoms with Gasteiger partial charge in [-0.1, -0.05) is 74.3 Å². The molecule has 1 fully saturated rings. The lowest BCUT2D eigenvalue weighted by molar-refractivity contribution is 0.0161. The summed E-state index contributed by atoms with van der Waals surface area (Å²) in [4.78, 5) is 38.2. The summed E-state index contributed by atoms with van der Waals surface area (Å²) in [5, 5.41) is 1.22. The highest BCUT2D eigenvalue weighted by Crippen LogP contribution is 2.46. The van der Waals surface area contributed by atoms with Crippen LogP contribution >= 0.6 is 23.2 Å². The third-order valence-corrected chi connectivity index (χ3v) is 8.79. The van der Waals surface area contributed by atoms with E-state index in [2.05, 4.69) is 32.9 Å². The number of benzene rings is 3. The molecule has 0 spiro atoms. The molecule has 3 amide bonds. The molecule has 47 heavy (non-hydrogen) atoms. The van der Waals surface area contributed by atoms with Crippen LogP contribution in [-0.4, -0.2) is 71.0 Å². The Morgan fingerprint density at radius 1 is 0.809 bits per heavy atom. The molecular weight excluding hydrogens is 635 g/mol. The smallest absolute Gasteiger partial charge is 0.410 e. The predicted molar refractivity (Wildman–Crippen MR) is 188 cm³/mol. The van der Waals surface area contributed by atoms with Crippen LogP contribution in [0.2, 0.25) is 10.0 Å². The van der Waals surface area contributed by atoms with Crippen molar-refractivity contribution in [1.82, 2.24) is 14.7 Å². The highest BCUT2D eigenvalue weighted by Gasteiger charge is 2.45. The minimum atomic E-state index is -0.603. The SMILES string of the molecule is CCOc1cc(C(C)(C)C)ccc1C1=NC(c2ccc(Cl)cc2)C(c2ccc(Cl)cc2)N1C(=O)N1CCN(C(=O)OC(C)(C)C)CC1. The van der Waals surface area contributed by atoms with Gasteiger partial charge < -0.3 is 19.3 Å². The van der Waals surface area contributed by atoms with E-state index < -0.39 is 17.7 Å². The van der Waals surface area contributed by atoms with Gasteiger partial charge in [0.15, 0.2) is 0 Å². The lowest BCUT2D eigenvalue weighted by atomic mass is 9.86. The number of hydrogen-bond acceptors (Lipinski definition) is 5. The highest BCUT2D eigenvalue weighted by molar-refractivity contribution is 6.30. The van der Waals surface area contributed by atoms with E-state index in [1.165, 1.54) is 0 Å². The predicted octanol–water partition coefficient (Wildman–Crippen LogP) is 8.91. The zero-order chi connectivity index (χ0) is 34.1. The molecule has 0 bridgehead atoms. The quantitative estimate of drug-likeness (QED) is 0.270. The number of carbonyl (C=O) groups excluding carboxylic acids is 2. The molecule has 10 heteroatoms. The Labute approximate surface area is 288 Å². The van der Waals surface area contributed by atoms with Gasteiger partial charge in [-0.15, -0.1) is 0 Å². The molecule has 1 saturated heterocycles. The number of nitrogens with zero attached hydrogens (tertiary/aromatic N) is 4. The Balaban J connectivity index is 1.60. The topological polar surface area (TPSA) is 74.7 Å². The summed E-state index contributed by atoms with van der Waals surface area (Å²) in [6.07, 6.45) is -0.379. The fourth-order valence-corrected chi connectivity index (χ4v) is 6.11. The first-order valence-electron chi connectivity index (χ1n) is 16.1. The molecule has 0 saturated carbocycles. The Morgan fingerprint density at radius 2 is 1.36 bits per heavy atom. The van der Waals surface area contributed by atoms with Gasteiger partial charge in [0.2, 0.25) is 0 Å². The van der Waals surface area contributed by atoms with Crippen molar-refractivity contribution in [3.63, 3.8) is 0 Å². The van der Waals surface area contributed by atoms with Crippen molar-refractivity contribution in [3.8, 4) is 5.75 Å². The zero-order valence-corrected chi connectivity index (χ0v) is 29.7. The van der Waals surface area contributed by atoms with E-state index >= 15 is 0 Å². The fraction of sp³-hybridized carbons (Fsp3) is 0.432. The van der Waals surface area contributed by atoms with Gasteiger partial charge in [-0.05, 0) is 86.2 Å². The second-order valence-electron chi connectivity index (χ2n) is 13.9. The molecule has 3 aromatic carbocycles. The molecule has 5 rings (SSSR count). The van der Waals surface area contributed by atoms with Crippen LogP contribution in [-0.2, 0) is 10.2 Å². The van der Waals surface area contributed by atoms with Gasteiger partial charge in [-0.2, -0.15) is 0 Å². The molecule has 3 aromatic rings. The molecule has 2 aliphatic rings. The summed E-state index contributed by atoms with van der Waals surface area (Å²) >= 11 is 12.6. The monoisotopic (exact) mass is 678 g/mol. The molecule has 8 nitrogen and oxygen atoms in total. The van der Waals surface area contributed by atoms with Crippen molar-refractivity contribution in [3.05, 3.63) is 99.0 Å². The number of urea groups is 1. The normalized spacial score (nSPS) is 18.7. The molecular formula is C37H44Cl2N4O4. The number of amidine groups is 1. The van der Waals surface area contributed by atoms with Crippen molar-refractivity contribution < 1.29 is 19.1 Å². The second kappa shape index (κ2) is 13.8. The maximum absolute atomic E-state index is 14.8. The lowest BCUT2D eigenvalue weighted by Crippen LogP contribution is -2.55. The zero-order valence-electron chi connectivity index (χ0n) is 28.2. The van der Waals surface area contributed by atoms with Crippen molar-refractivity contribution >= 4 is 41.2 Å². The summed E-state index contributed by atoms with van der Waals surface area (Å²) in [6, 6.07) is 20.2. The van der Waals surface area contributed by atoms with Crippen LogP contribution in [0.25, 0.3) is 0 Å². The van der Waals surface area contributed by atoms with Gasteiger partial charge >= 0.3 is 12.1 Å². The summed E-state index contributed by atoms with van der Waals surface area (Å²) < 4.78 is 11.8. The number of carbonyl (C=O) groups is 2. The largest absolute Gasteiger partial charge is 0.493 e. The molecule has 2 atom stereocenters. The maximum atomic E-state index is 14.8. The minimum absolute atomic E-state index is 0.108. The molecule has 2 heterocycles. The first kappa shape index (κ1) is 34.6. The van der Waals surface area contributed by atoms with E-state index in [9.17, 15) is 9.59 Å². The summed E-state index contributed by atoms with van der Waals surface area (Å²) in [6.45, 7) is 15.8. The third-order valence-electron chi connectivity index (χ3n) is 8.29. The average molecular weight is 680 g/mol. The van der Waals surface area contributed by atoms with Gasteiger partial charge in [-0.25, -0.2) is 9.59 Å². The third kappa shape index (κ3) is 7.87. The number of rotatable bonds is 5. The molecule has 2 unspecified atom stereocenters. The van der Waals surface area contributed by atoms with Crippen LogP contribution in [0.1, 0.15) is 82.8 Å². The molecule has 0 aromatic heterocycles. The van der Waals surface area contributed by atoms with Crippen LogP contribution in [0.15, 0.2) is 71.7 Å². The summed E-state index contributed by atoms with van der Waals surface area (Å²) in [7, 11) is 0. The number of aliphatic imine (C=N–C) groups is 1. The van der Waals surface area contributed by atoms with Crippen LogP contribution in [0.3, 0.4) is 0 Å². The van der Waals surface area contributed by atoms with Crippen molar-refractivity contribution in [1.29, 1.82) is 0 Å². The van der Waals surface area contributed by atoms with Crippen molar-refractivity contribution in [2.45, 2.75) is 71.6 Å². The van der Waals surface area contributed by atoms with Gasteiger partial charge in [0.25, 0.3) is 0 Å². The molecule has 250 valence electrons. The van der Waals surface area contributed by atoms with Crippen molar-refractivity contribution in [2.75, 3.05) is 32.8 Å². The van der Waals surface area contributed by atoms with Crippen LogP contribution in [0, 0.1) is 0 Å². The van der Waals surface area contributed by atoms with Gasteiger partial charge in [0.1, 0.15) is 23.2 Å². The second-order valence-corrected chi connectivity index (χ2v) is 14.8. The highest BCUT2D eigenvalue weighted by atomic mass is 35.5. The van der Waals surface area contributed by atoms with Crippen LogP contribution in [0.5, 0.6) is 5.75 Å². The number of hydrogen-bond donors (Lipinski definition) is 0. The number of halogens is 2. The Bertz CT molecular complexity index is 1620. The number of amides is 3. The minimum Gasteiger partial charge on any atom is -0.493 e. The molecule has 0 aliphatic carbocycles. The van der Waals surface area contributed by atoms with E-state index in [4.69, 9.17) is 37.7 Å². The van der Waals surface area contributed by atoms with Crippen LogP contribution in [0.4, 0.5) is 9.59 Å². The maximum Gasteiger partial charge on any atom is 0.410 e. The Hall–Kier alpha value is -3.75. The fourth-order valence-electron chi connectivity index (χ4n) is 5.86. The van der Waals surface area contributed by atoms with E-state index in [1.54, 1.807) is 14.7 Å². The van der Waals surface area contributed by atoms with Crippen molar-refractivity contribution in [2.24, 2.45) is 4.99 Å². The van der Waals surface area contributed by atoms with Gasteiger partial charge in [0.05, 0.1) is 18.2 Å². The van der Waals surface area contributed by atoms with E-state index in [0.717, 1.165) is 22.3 Å². The Kier molecular flexibility index (Phi) is 10.1. The first-order valence-corrected chi connectivity index (χ1v) is 16.8. The lowest BCUT2D eigenvalue weighted by Gasteiger charge is -2.39. The van der Waals surface area contributed by atoms with E-state index in [0.29, 0.717) is 54.4 Å². The van der Waals surface area contributed by atoms with E-state index in [1.807, 2.05) is 82.3 Å². The molecule has 0 radical (unpaired) electrons. The number of piperazine rings is 1. The van der Waals surface area contributed by atoms with Crippen LogP contribution < -0.4 is 4.74 Å². The molecule has 0 N–H and O–H groups in total. The summed E-state index contributed by atoms with van der Waals surface area (Å²) in [5.41, 5.74) is 2.94. The van der Waals surface area contributed by atoms with Gasteiger partial charge in [0, 0.05) is 36.2 Å². The van der Waals surface area contributed by atoms with Gasteiger partial charge in [-0.3, -0.25) is 9.89 Å². The standard InChI is InChI=1S/C37H44Cl2N4O4/c1-8-46-30-23-26(36(2,3)4)13-18-29(30)33-40-31(24-9-14-27(38)15-10-24)32(25-11-16-28(39)17-12-25)43(33)34(44)41-19-21-42(22-20-41)35(45)47-37(5,6)7/h9-18,23,31-32H,8,19-22H2,1-7H3. The molecule has 2 aliphatic heterocycles. The summed E-state index contributed by atoms with van der Waals surface area (Å²) in [5.74, 6) is 1.19. The first-order chi connectivity index (χ1) is 22.2. The Morgan fingerprint density at radius 3 is 1.89 bits per heavy atom. The average Bonchev–Trinajstić information content (AvgIpc) is 3.40. The number of ether oxygens (including phenoxy) is 2. The van der Waals surface area contributed by atoms with E-state index in [-0.39, 0.29) is 17.5 Å².